The number of carbonyl (C=O) groups excluding carboxylic acids is 1. The highest BCUT2D eigenvalue weighted by Crippen LogP contribution is 2.18. The topological polar surface area (TPSA) is 60.9 Å². The monoisotopic (exact) mass is 242 g/mol. The van der Waals surface area contributed by atoms with Gasteiger partial charge in [0.25, 0.3) is 0 Å². The highest BCUT2D eigenvalue weighted by Gasteiger charge is 2.29. The van der Waals surface area contributed by atoms with Crippen molar-refractivity contribution >= 4 is 11.9 Å². The Morgan fingerprint density at radius 1 is 1.47 bits per heavy atom. The van der Waals surface area contributed by atoms with Crippen molar-refractivity contribution < 1.29 is 14.7 Å². The number of nitrogens with zero attached hydrogens (tertiary/aromatic N) is 2. The van der Waals surface area contributed by atoms with E-state index in [1.807, 2.05) is 23.6 Å². The third-order valence-corrected chi connectivity index (χ3v) is 3.27. The lowest BCUT2D eigenvalue weighted by Gasteiger charge is -2.32. The van der Waals surface area contributed by atoms with E-state index in [1.54, 1.807) is 6.92 Å². The van der Waals surface area contributed by atoms with Gasteiger partial charge in [-0.2, -0.15) is 0 Å². The lowest BCUT2D eigenvalue weighted by molar-refractivity contribution is -0.138. The zero-order valence-electron chi connectivity index (χ0n) is 10.8. The standard InChI is InChI=1S/C12H22N2O3/c1-9(2)14(10(3)15)7-11-5-4-6-13(11)8-12(16)17/h9,11H,4-8H2,1-3H3,(H,16,17)/t11-/m1/s1. The third-order valence-electron chi connectivity index (χ3n) is 3.27. The molecule has 1 amide bonds. The van der Waals surface area contributed by atoms with Crippen LogP contribution in [0.2, 0.25) is 0 Å². The maximum Gasteiger partial charge on any atom is 0.317 e. The van der Waals surface area contributed by atoms with Crippen LogP contribution in [-0.2, 0) is 9.59 Å². The fourth-order valence-corrected chi connectivity index (χ4v) is 2.41. The number of amides is 1. The minimum atomic E-state index is -0.796. The van der Waals surface area contributed by atoms with E-state index in [1.165, 1.54) is 0 Å². The Labute approximate surface area is 102 Å². The SMILES string of the molecule is CC(=O)N(C[C@H]1CCCN1CC(=O)O)C(C)C. The van der Waals surface area contributed by atoms with Crippen molar-refractivity contribution in [1.82, 2.24) is 9.80 Å². The lowest BCUT2D eigenvalue weighted by atomic mass is 10.2. The predicted molar refractivity (Wildman–Crippen MR) is 64.8 cm³/mol. The van der Waals surface area contributed by atoms with Gasteiger partial charge in [-0.25, -0.2) is 0 Å². The molecule has 0 saturated carbocycles. The van der Waals surface area contributed by atoms with E-state index in [2.05, 4.69) is 0 Å². The average molecular weight is 242 g/mol. The Morgan fingerprint density at radius 2 is 2.12 bits per heavy atom. The van der Waals surface area contributed by atoms with Gasteiger partial charge in [0.15, 0.2) is 0 Å². The summed E-state index contributed by atoms with van der Waals surface area (Å²) >= 11 is 0. The molecule has 0 radical (unpaired) electrons. The molecule has 98 valence electrons. The molecular weight excluding hydrogens is 220 g/mol. The van der Waals surface area contributed by atoms with E-state index in [-0.39, 0.29) is 24.5 Å². The number of carboxylic acids is 1. The van der Waals surface area contributed by atoms with Gasteiger partial charge in [0.05, 0.1) is 6.54 Å². The number of likely N-dealkylation sites (tertiary alicyclic amines) is 1. The van der Waals surface area contributed by atoms with Crippen molar-refractivity contribution in [2.75, 3.05) is 19.6 Å². The molecule has 0 spiro atoms. The molecule has 0 unspecified atom stereocenters. The zero-order chi connectivity index (χ0) is 13.0. The van der Waals surface area contributed by atoms with Crippen molar-refractivity contribution in [3.05, 3.63) is 0 Å². The molecule has 1 rings (SSSR count). The summed E-state index contributed by atoms with van der Waals surface area (Å²) in [4.78, 5) is 26.0. The quantitative estimate of drug-likeness (QED) is 0.774. The molecule has 0 aromatic carbocycles. The number of carboxylic acid groups (broad SMARTS) is 1. The summed E-state index contributed by atoms with van der Waals surface area (Å²) in [5.41, 5.74) is 0. The zero-order valence-corrected chi connectivity index (χ0v) is 10.8. The summed E-state index contributed by atoms with van der Waals surface area (Å²) in [6.07, 6.45) is 1.99. The Hall–Kier alpha value is -1.10. The fraction of sp³-hybridized carbons (Fsp3) is 0.833. The molecule has 1 aliphatic heterocycles. The smallest absolute Gasteiger partial charge is 0.317 e. The Kier molecular flexibility index (Phi) is 4.93. The van der Waals surface area contributed by atoms with Crippen LogP contribution in [0.1, 0.15) is 33.6 Å². The average Bonchev–Trinajstić information content (AvgIpc) is 2.59. The number of hydrogen-bond donors (Lipinski definition) is 1. The number of aliphatic carboxylic acids is 1. The first-order valence-electron chi connectivity index (χ1n) is 6.15. The predicted octanol–water partition coefficient (Wildman–Crippen LogP) is 0.792. The highest BCUT2D eigenvalue weighted by molar-refractivity contribution is 5.73. The molecule has 1 atom stereocenters. The van der Waals surface area contributed by atoms with Crippen molar-refractivity contribution in [1.29, 1.82) is 0 Å². The van der Waals surface area contributed by atoms with Crippen LogP contribution < -0.4 is 0 Å². The van der Waals surface area contributed by atoms with E-state index in [0.29, 0.717) is 6.54 Å². The molecule has 0 aromatic rings. The summed E-state index contributed by atoms with van der Waals surface area (Å²) in [5.74, 6) is -0.738. The van der Waals surface area contributed by atoms with Gasteiger partial charge in [-0.15, -0.1) is 0 Å². The molecule has 1 fully saturated rings. The van der Waals surface area contributed by atoms with E-state index in [4.69, 9.17) is 5.11 Å². The summed E-state index contributed by atoms with van der Waals surface area (Å²) in [7, 11) is 0. The van der Waals surface area contributed by atoms with Gasteiger partial charge in [-0.1, -0.05) is 0 Å². The molecule has 17 heavy (non-hydrogen) atoms. The van der Waals surface area contributed by atoms with E-state index >= 15 is 0 Å². The van der Waals surface area contributed by atoms with Gasteiger partial charge in [0.2, 0.25) is 5.91 Å². The molecule has 0 aliphatic carbocycles. The first-order chi connectivity index (χ1) is 7.91. The molecular formula is C12H22N2O3. The Balaban J connectivity index is 2.59. The van der Waals surface area contributed by atoms with Crippen LogP contribution in [0, 0.1) is 0 Å². The Bertz CT molecular complexity index is 291. The fourth-order valence-electron chi connectivity index (χ4n) is 2.41. The molecule has 0 aromatic heterocycles. The molecule has 5 nitrogen and oxygen atoms in total. The molecule has 5 heteroatoms. The second-order valence-corrected chi connectivity index (χ2v) is 4.93. The van der Waals surface area contributed by atoms with Gasteiger partial charge in [0, 0.05) is 25.6 Å². The number of rotatable bonds is 5. The van der Waals surface area contributed by atoms with Crippen molar-refractivity contribution in [3.8, 4) is 0 Å². The van der Waals surface area contributed by atoms with Gasteiger partial charge in [-0.3, -0.25) is 14.5 Å². The minimum absolute atomic E-state index is 0.0576. The second kappa shape index (κ2) is 6.00. The van der Waals surface area contributed by atoms with Gasteiger partial charge < -0.3 is 10.0 Å². The normalized spacial score (nSPS) is 20.8. The second-order valence-electron chi connectivity index (χ2n) is 4.93. The first-order valence-corrected chi connectivity index (χ1v) is 6.15. The maximum atomic E-state index is 11.5. The summed E-state index contributed by atoms with van der Waals surface area (Å²) in [5, 5.41) is 8.82. The van der Waals surface area contributed by atoms with E-state index in [9.17, 15) is 9.59 Å². The van der Waals surface area contributed by atoms with Crippen LogP contribution >= 0.6 is 0 Å². The van der Waals surface area contributed by atoms with Crippen LogP contribution in [-0.4, -0.2) is 58.5 Å². The van der Waals surface area contributed by atoms with E-state index in [0.717, 1.165) is 19.4 Å². The highest BCUT2D eigenvalue weighted by atomic mass is 16.4. The summed E-state index contributed by atoms with van der Waals surface area (Å²) in [6.45, 7) is 7.07. The summed E-state index contributed by atoms with van der Waals surface area (Å²) in [6, 6.07) is 0.358. The molecule has 1 heterocycles. The van der Waals surface area contributed by atoms with Crippen LogP contribution in [0.3, 0.4) is 0 Å². The van der Waals surface area contributed by atoms with Crippen LogP contribution in [0.4, 0.5) is 0 Å². The van der Waals surface area contributed by atoms with Crippen LogP contribution in [0.25, 0.3) is 0 Å². The van der Waals surface area contributed by atoms with Crippen LogP contribution in [0.15, 0.2) is 0 Å². The molecule has 1 saturated heterocycles. The molecule has 1 N–H and O–H groups in total. The summed E-state index contributed by atoms with van der Waals surface area (Å²) < 4.78 is 0. The Morgan fingerprint density at radius 3 is 2.59 bits per heavy atom. The van der Waals surface area contributed by atoms with Gasteiger partial charge in [-0.05, 0) is 33.2 Å². The molecule has 1 aliphatic rings. The van der Waals surface area contributed by atoms with Gasteiger partial charge in [0.1, 0.15) is 0 Å². The number of carbonyl (C=O) groups is 2. The van der Waals surface area contributed by atoms with Gasteiger partial charge >= 0.3 is 5.97 Å². The van der Waals surface area contributed by atoms with Crippen molar-refractivity contribution in [2.24, 2.45) is 0 Å². The largest absolute Gasteiger partial charge is 0.480 e. The van der Waals surface area contributed by atoms with Crippen LogP contribution in [0.5, 0.6) is 0 Å². The molecule has 0 bridgehead atoms. The van der Waals surface area contributed by atoms with E-state index < -0.39 is 5.97 Å². The number of hydrogen-bond acceptors (Lipinski definition) is 3. The first kappa shape index (κ1) is 14.0. The third kappa shape index (κ3) is 4.00. The minimum Gasteiger partial charge on any atom is -0.480 e. The lowest BCUT2D eigenvalue weighted by Crippen LogP contribution is -2.46. The van der Waals surface area contributed by atoms with Crippen molar-refractivity contribution in [3.63, 3.8) is 0 Å². The van der Waals surface area contributed by atoms with Crippen molar-refractivity contribution in [2.45, 2.75) is 45.7 Å². The maximum absolute atomic E-state index is 11.5.